The molecule has 2 aromatic heterocycles. The highest BCUT2D eigenvalue weighted by Crippen LogP contribution is 2.24. The van der Waals surface area contributed by atoms with Crippen LogP contribution in [0.3, 0.4) is 0 Å². The summed E-state index contributed by atoms with van der Waals surface area (Å²) in [5.74, 6) is 0.670. The molecule has 0 aliphatic carbocycles. The predicted octanol–water partition coefficient (Wildman–Crippen LogP) is 2.73. The number of hydrogen-bond donors (Lipinski definition) is 1. The summed E-state index contributed by atoms with van der Waals surface area (Å²) in [6.45, 7) is 3.87. The van der Waals surface area contributed by atoms with Crippen molar-refractivity contribution in [2.75, 3.05) is 0 Å². The van der Waals surface area contributed by atoms with E-state index in [1.165, 1.54) is 17.8 Å². The lowest BCUT2D eigenvalue weighted by Gasteiger charge is -2.03. The Hall–Kier alpha value is -1.21. The largest absolute Gasteiger partial charge is 0.301 e. The lowest BCUT2D eigenvalue weighted by molar-refractivity contribution is 0.814. The molecular formula is C12H13BrN4OS. The summed E-state index contributed by atoms with van der Waals surface area (Å²) in [6.07, 6.45) is 1.75. The van der Waals surface area contributed by atoms with E-state index in [1.807, 2.05) is 6.92 Å². The van der Waals surface area contributed by atoms with Gasteiger partial charge in [0.15, 0.2) is 5.16 Å². The molecule has 0 bridgehead atoms. The molecule has 0 saturated heterocycles. The number of aryl methyl sites for hydroxylation is 2. The summed E-state index contributed by atoms with van der Waals surface area (Å²) in [4.78, 5) is 27.1. The van der Waals surface area contributed by atoms with Crippen LogP contribution in [0.4, 0.5) is 0 Å². The van der Waals surface area contributed by atoms with Crippen LogP contribution < -0.4 is 5.56 Å². The first kappa shape index (κ1) is 14.2. The van der Waals surface area contributed by atoms with Gasteiger partial charge in [0, 0.05) is 17.8 Å². The van der Waals surface area contributed by atoms with Gasteiger partial charge in [-0.25, -0.2) is 15.0 Å². The minimum atomic E-state index is -0.134. The third kappa shape index (κ3) is 4.14. The van der Waals surface area contributed by atoms with Gasteiger partial charge < -0.3 is 4.98 Å². The van der Waals surface area contributed by atoms with E-state index < -0.39 is 0 Å². The summed E-state index contributed by atoms with van der Waals surface area (Å²) >= 11 is 4.65. The van der Waals surface area contributed by atoms with Gasteiger partial charge in [-0.15, -0.1) is 0 Å². The molecule has 0 aliphatic heterocycles. The maximum Gasteiger partial charge on any atom is 0.251 e. The van der Waals surface area contributed by atoms with Crippen LogP contribution in [0.1, 0.15) is 24.9 Å². The Kier molecular flexibility index (Phi) is 4.71. The van der Waals surface area contributed by atoms with E-state index in [2.05, 4.69) is 42.8 Å². The number of halogens is 1. The fourth-order valence-electron chi connectivity index (χ4n) is 1.57. The molecule has 0 aromatic carbocycles. The molecule has 0 spiro atoms. The van der Waals surface area contributed by atoms with Crippen LogP contribution in [-0.4, -0.2) is 19.9 Å². The third-order valence-electron chi connectivity index (χ3n) is 2.26. The quantitative estimate of drug-likeness (QED) is 0.684. The first-order valence-corrected chi connectivity index (χ1v) is 7.47. The highest BCUT2D eigenvalue weighted by Gasteiger charge is 2.06. The smallest absolute Gasteiger partial charge is 0.251 e. The molecule has 0 unspecified atom stereocenters. The minimum Gasteiger partial charge on any atom is -0.301 e. The van der Waals surface area contributed by atoms with Crippen molar-refractivity contribution < 1.29 is 0 Å². The molecule has 7 heteroatoms. The molecule has 0 atom stereocenters. The molecule has 2 heterocycles. The zero-order valence-corrected chi connectivity index (χ0v) is 13.0. The lowest BCUT2D eigenvalue weighted by Crippen LogP contribution is -2.10. The topological polar surface area (TPSA) is 71.5 Å². The first-order valence-electron chi connectivity index (χ1n) is 5.86. The Labute approximate surface area is 123 Å². The van der Waals surface area contributed by atoms with Crippen molar-refractivity contribution in [3.63, 3.8) is 0 Å². The monoisotopic (exact) mass is 340 g/mol. The maximum atomic E-state index is 11.6. The molecule has 2 aromatic rings. The zero-order chi connectivity index (χ0) is 13.8. The Bertz CT molecular complexity index is 624. The number of nitrogens with zero attached hydrogens (tertiary/aromatic N) is 3. The molecule has 1 N–H and O–H groups in total. The molecule has 0 radical (unpaired) electrons. The van der Waals surface area contributed by atoms with Gasteiger partial charge in [0.25, 0.3) is 5.56 Å². The molecule has 5 nitrogen and oxygen atoms in total. The van der Waals surface area contributed by atoms with E-state index in [0.29, 0.717) is 11.0 Å². The average Bonchev–Trinajstić information content (AvgIpc) is 2.26. The van der Waals surface area contributed by atoms with Gasteiger partial charge in [-0.3, -0.25) is 4.79 Å². The molecule has 0 fully saturated rings. The van der Waals surface area contributed by atoms with E-state index in [0.717, 1.165) is 28.2 Å². The van der Waals surface area contributed by atoms with Gasteiger partial charge in [0.05, 0.1) is 0 Å². The number of aromatic nitrogens is 4. The Morgan fingerprint density at radius 1 is 1.32 bits per heavy atom. The van der Waals surface area contributed by atoms with E-state index in [9.17, 15) is 4.79 Å². The molecule has 0 amide bonds. The second-order valence-electron chi connectivity index (χ2n) is 3.97. The van der Waals surface area contributed by atoms with Crippen molar-refractivity contribution in [2.24, 2.45) is 0 Å². The van der Waals surface area contributed by atoms with Gasteiger partial charge in [-0.2, -0.15) is 0 Å². The SMILES string of the molecule is CCCc1cc(=O)[nH]c(Sc2cc(Br)nc(C)n2)n1. The molecule has 100 valence electrons. The molecular weight excluding hydrogens is 328 g/mol. The molecule has 0 aliphatic rings. The van der Waals surface area contributed by atoms with Crippen LogP contribution in [0.2, 0.25) is 0 Å². The summed E-state index contributed by atoms with van der Waals surface area (Å²) < 4.78 is 0.717. The Morgan fingerprint density at radius 3 is 2.79 bits per heavy atom. The number of nitrogens with one attached hydrogen (secondary N) is 1. The number of H-pyrrole nitrogens is 1. The van der Waals surface area contributed by atoms with Crippen LogP contribution in [-0.2, 0) is 6.42 Å². The van der Waals surface area contributed by atoms with Crippen molar-refractivity contribution in [2.45, 2.75) is 36.9 Å². The summed E-state index contributed by atoms with van der Waals surface area (Å²) in [6, 6.07) is 3.33. The maximum absolute atomic E-state index is 11.6. The van der Waals surface area contributed by atoms with Gasteiger partial charge in [0.2, 0.25) is 0 Å². The van der Waals surface area contributed by atoms with Crippen molar-refractivity contribution >= 4 is 27.7 Å². The van der Waals surface area contributed by atoms with E-state index in [4.69, 9.17) is 0 Å². The first-order chi connectivity index (χ1) is 9.06. The average molecular weight is 341 g/mol. The Morgan fingerprint density at radius 2 is 2.11 bits per heavy atom. The summed E-state index contributed by atoms with van der Waals surface area (Å²) in [7, 11) is 0. The normalized spacial score (nSPS) is 10.7. The van der Waals surface area contributed by atoms with Crippen LogP contribution in [0, 0.1) is 6.92 Å². The second-order valence-corrected chi connectivity index (χ2v) is 5.79. The van der Waals surface area contributed by atoms with Crippen LogP contribution in [0.15, 0.2) is 31.7 Å². The van der Waals surface area contributed by atoms with Crippen LogP contribution in [0.25, 0.3) is 0 Å². The zero-order valence-electron chi connectivity index (χ0n) is 10.6. The van der Waals surface area contributed by atoms with E-state index >= 15 is 0 Å². The number of rotatable bonds is 4. The number of hydrogen-bond acceptors (Lipinski definition) is 5. The Balaban J connectivity index is 2.29. The summed E-state index contributed by atoms with van der Waals surface area (Å²) in [5, 5.41) is 1.30. The van der Waals surface area contributed by atoms with Crippen LogP contribution >= 0.6 is 27.7 Å². The summed E-state index contributed by atoms with van der Waals surface area (Å²) in [5.41, 5.74) is 0.671. The highest BCUT2D eigenvalue weighted by molar-refractivity contribution is 9.10. The molecule has 2 rings (SSSR count). The lowest BCUT2D eigenvalue weighted by atomic mass is 10.2. The highest BCUT2D eigenvalue weighted by atomic mass is 79.9. The number of aromatic amines is 1. The van der Waals surface area contributed by atoms with E-state index in [-0.39, 0.29) is 5.56 Å². The standard InChI is InChI=1S/C12H13BrN4OS/c1-3-4-8-5-10(18)17-12(16-8)19-11-6-9(13)14-7(2)15-11/h5-6H,3-4H2,1-2H3,(H,16,17,18). The van der Waals surface area contributed by atoms with Gasteiger partial charge >= 0.3 is 0 Å². The second kappa shape index (κ2) is 6.29. The third-order valence-corrected chi connectivity index (χ3v) is 3.47. The molecule has 19 heavy (non-hydrogen) atoms. The fourth-order valence-corrected chi connectivity index (χ4v) is 3.06. The minimum absolute atomic E-state index is 0.134. The van der Waals surface area contributed by atoms with Crippen molar-refractivity contribution in [3.8, 4) is 0 Å². The van der Waals surface area contributed by atoms with Crippen molar-refractivity contribution in [1.29, 1.82) is 0 Å². The fraction of sp³-hybridized carbons (Fsp3) is 0.333. The van der Waals surface area contributed by atoms with Crippen molar-refractivity contribution in [1.82, 2.24) is 19.9 Å². The van der Waals surface area contributed by atoms with Gasteiger partial charge in [0.1, 0.15) is 15.5 Å². The molecule has 0 saturated carbocycles. The van der Waals surface area contributed by atoms with Gasteiger partial charge in [-0.1, -0.05) is 13.3 Å². The van der Waals surface area contributed by atoms with E-state index in [1.54, 1.807) is 6.07 Å². The predicted molar refractivity (Wildman–Crippen MR) is 77.4 cm³/mol. The van der Waals surface area contributed by atoms with Gasteiger partial charge in [-0.05, 0) is 41.0 Å². The van der Waals surface area contributed by atoms with Crippen LogP contribution in [0.5, 0.6) is 0 Å². The van der Waals surface area contributed by atoms with Crippen molar-refractivity contribution in [3.05, 3.63) is 38.6 Å².